The molecule has 4 rings (SSSR count). The second-order valence-electron chi connectivity index (χ2n) is 8.04. The predicted octanol–water partition coefficient (Wildman–Crippen LogP) is 7.27. The van der Waals surface area contributed by atoms with Crippen molar-refractivity contribution < 1.29 is 5.11 Å². The van der Waals surface area contributed by atoms with Gasteiger partial charge in [0.15, 0.2) is 0 Å². The number of benzene rings is 2. The zero-order chi connectivity index (χ0) is 22.3. The summed E-state index contributed by atoms with van der Waals surface area (Å²) < 4.78 is 2.36. The molecule has 0 saturated heterocycles. The van der Waals surface area contributed by atoms with E-state index in [0.29, 0.717) is 6.42 Å². The molecule has 1 N–H and O–H groups in total. The number of pyridine rings is 1. The van der Waals surface area contributed by atoms with E-state index in [1.165, 1.54) is 44.0 Å². The van der Waals surface area contributed by atoms with Crippen LogP contribution in [0.25, 0.3) is 22.4 Å². The molecule has 0 saturated carbocycles. The number of aromatic nitrogens is 1. The van der Waals surface area contributed by atoms with Gasteiger partial charge >= 0.3 is 0 Å². The Morgan fingerprint density at radius 3 is 2.42 bits per heavy atom. The van der Waals surface area contributed by atoms with Crippen molar-refractivity contribution in [2.75, 3.05) is 16.8 Å². The Hall–Kier alpha value is -2.37. The lowest BCUT2D eigenvalue weighted by molar-refractivity contribution is 0.401. The van der Waals surface area contributed by atoms with Gasteiger partial charge in [0.1, 0.15) is 0 Å². The lowest BCUT2D eigenvalue weighted by Crippen LogP contribution is -2.23. The van der Waals surface area contributed by atoms with Gasteiger partial charge in [0.2, 0.25) is 0 Å². The van der Waals surface area contributed by atoms with E-state index < -0.39 is 0 Å². The first-order valence-corrected chi connectivity index (χ1v) is 12.7. The van der Waals surface area contributed by atoms with E-state index in [1.807, 2.05) is 6.20 Å². The van der Waals surface area contributed by atoms with Gasteiger partial charge in [-0.25, -0.2) is 0 Å². The standard InChI is InChI=1S/C26H28N2OS2/c1-15-7-9-19(10-8-15)23-18(4)24-25-20(12-21(30-5)13-27-25)14-28(31-6)26(24)17(3)22(23)11-16(2)29/h7-10,12-13,29H,2,11,14H2,1,3-6H3. The van der Waals surface area contributed by atoms with Crippen LogP contribution >= 0.6 is 23.7 Å². The van der Waals surface area contributed by atoms with E-state index >= 15 is 0 Å². The summed E-state index contributed by atoms with van der Waals surface area (Å²) in [7, 11) is 0. The molecule has 3 nitrogen and oxygen atoms in total. The summed E-state index contributed by atoms with van der Waals surface area (Å²) in [5, 5.41) is 10.2. The highest BCUT2D eigenvalue weighted by molar-refractivity contribution is 8.00. The number of fused-ring (bicyclic) bond motifs is 3. The van der Waals surface area contributed by atoms with Crippen LogP contribution in [0.5, 0.6) is 0 Å². The quantitative estimate of drug-likeness (QED) is 0.252. The van der Waals surface area contributed by atoms with Crippen LogP contribution in [-0.4, -0.2) is 22.6 Å². The number of hydrogen-bond acceptors (Lipinski definition) is 5. The number of anilines is 1. The van der Waals surface area contributed by atoms with Crippen molar-refractivity contribution in [3.8, 4) is 22.4 Å². The Morgan fingerprint density at radius 1 is 1.10 bits per heavy atom. The van der Waals surface area contributed by atoms with Crippen LogP contribution in [0, 0.1) is 20.8 Å². The molecule has 0 fully saturated rings. The van der Waals surface area contributed by atoms with E-state index in [0.717, 1.165) is 23.4 Å². The van der Waals surface area contributed by atoms with Crippen molar-refractivity contribution in [2.24, 2.45) is 0 Å². The normalized spacial score (nSPS) is 12.5. The molecule has 0 atom stereocenters. The summed E-state index contributed by atoms with van der Waals surface area (Å²) in [6.45, 7) is 11.1. The van der Waals surface area contributed by atoms with Gasteiger partial charge in [-0.05, 0) is 66.5 Å². The molecule has 0 unspecified atom stereocenters. The van der Waals surface area contributed by atoms with Gasteiger partial charge in [-0.1, -0.05) is 48.4 Å². The van der Waals surface area contributed by atoms with Gasteiger partial charge in [-0.15, -0.1) is 11.8 Å². The minimum Gasteiger partial charge on any atom is -0.513 e. The van der Waals surface area contributed by atoms with Crippen LogP contribution < -0.4 is 4.31 Å². The number of thioether (sulfide) groups is 1. The zero-order valence-electron chi connectivity index (χ0n) is 18.7. The van der Waals surface area contributed by atoms with E-state index in [4.69, 9.17) is 4.98 Å². The maximum absolute atomic E-state index is 10.2. The van der Waals surface area contributed by atoms with Crippen LogP contribution in [0.1, 0.15) is 27.8 Å². The van der Waals surface area contributed by atoms with Gasteiger partial charge in [0.05, 0.1) is 23.7 Å². The first-order chi connectivity index (χ1) is 14.8. The summed E-state index contributed by atoms with van der Waals surface area (Å²) in [4.78, 5) is 6.10. The SMILES string of the molecule is C=C(O)Cc1c(C)c2c(c(C)c1-c1ccc(C)cc1)-c1ncc(SC)cc1CN2SC. The van der Waals surface area contributed by atoms with Crippen LogP contribution in [-0.2, 0) is 13.0 Å². The van der Waals surface area contributed by atoms with Crippen molar-refractivity contribution in [1.29, 1.82) is 0 Å². The summed E-state index contributed by atoms with van der Waals surface area (Å²) in [5.41, 5.74) is 11.8. The number of aryl methyl sites for hydroxylation is 1. The maximum atomic E-state index is 10.2. The first-order valence-electron chi connectivity index (χ1n) is 10.3. The molecule has 0 radical (unpaired) electrons. The molecular formula is C26H28N2OS2. The summed E-state index contributed by atoms with van der Waals surface area (Å²) in [5.74, 6) is 0.186. The third kappa shape index (κ3) is 3.85. The molecule has 2 aromatic carbocycles. The number of allylic oxidation sites excluding steroid dienone is 1. The second kappa shape index (κ2) is 8.64. The molecule has 1 aromatic heterocycles. The number of nitrogens with zero attached hydrogens (tertiary/aromatic N) is 2. The first kappa shape index (κ1) is 21.8. The Labute approximate surface area is 193 Å². The smallest absolute Gasteiger partial charge is 0.0895 e. The molecule has 31 heavy (non-hydrogen) atoms. The van der Waals surface area contributed by atoms with Gasteiger partial charge in [-0.2, -0.15) is 0 Å². The van der Waals surface area contributed by atoms with Crippen molar-refractivity contribution in [2.45, 2.75) is 38.6 Å². The number of hydrogen-bond donors (Lipinski definition) is 1. The Morgan fingerprint density at radius 2 is 1.81 bits per heavy atom. The van der Waals surface area contributed by atoms with E-state index in [2.05, 4.69) is 74.5 Å². The topological polar surface area (TPSA) is 36.4 Å². The van der Waals surface area contributed by atoms with Crippen molar-refractivity contribution in [3.05, 3.63) is 76.7 Å². The Bertz CT molecular complexity index is 1170. The van der Waals surface area contributed by atoms with E-state index in [-0.39, 0.29) is 5.76 Å². The minimum atomic E-state index is 0.186. The number of aliphatic hydroxyl groups is 1. The van der Waals surface area contributed by atoms with Crippen molar-refractivity contribution in [1.82, 2.24) is 4.98 Å². The number of aliphatic hydroxyl groups excluding tert-OH is 1. The van der Waals surface area contributed by atoms with Crippen molar-refractivity contribution in [3.63, 3.8) is 0 Å². The summed E-state index contributed by atoms with van der Waals surface area (Å²) in [6.07, 6.45) is 6.63. The third-order valence-corrected chi connectivity index (χ3v) is 7.46. The predicted molar refractivity (Wildman–Crippen MR) is 136 cm³/mol. The Balaban J connectivity index is 2.09. The van der Waals surface area contributed by atoms with Gasteiger partial charge < -0.3 is 9.41 Å². The van der Waals surface area contributed by atoms with Gasteiger partial charge in [0, 0.05) is 29.3 Å². The van der Waals surface area contributed by atoms with Crippen LogP contribution in [0.15, 0.2) is 53.8 Å². The molecular weight excluding hydrogens is 420 g/mol. The molecule has 0 bridgehead atoms. The van der Waals surface area contributed by atoms with Crippen molar-refractivity contribution >= 4 is 29.4 Å². The van der Waals surface area contributed by atoms with Crippen LogP contribution in [0.2, 0.25) is 0 Å². The molecule has 0 spiro atoms. The molecule has 1 aliphatic heterocycles. The molecule has 2 heterocycles. The van der Waals surface area contributed by atoms with Gasteiger partial charge in [-0.3, -0.25) is 4.98 Å². The second-order valence-corrected chi connectivity index (χ2v) is 9.72. The fraction of sp³-hybridized carbons (Fsp3) is 0.269. The molecule has 0 amide bonds. The lowest BCUT2D eigenvalue weighted by Gasteiger charge is -2.35. The largest absolute Gasteiger partial charge is 0.513 e. The molecule has 1 aliphatic rings. The number of rotatable bonds is 5. The van der Waals surface area contributed by atoms with Crippen LogP contribution in [0.4, 0.5) is 5.69 Å². The maximum Gasteiger partial charge on any atom is 0.0895 e. The van der Waals surface area contributed by atoms with Gasteiger partial charge in [0.25, 0.3) is 0 Å². The van der Waals surface area contributed by atoms with E-state index in [1.54, 1.807) is 23.7 Å². The molecule has 0 aliphatic carbocycles. The third-order valence-electron chi connectivity index (χ3n) is 6.02. The average molecular weight is 449 g/mol. The molecule has 3 aromatic rings. The monoisotopic (exact) mass is 448 g/mol. The molecule has 160 valence electrons. The average Bonchev–Trinajstić information content (AvgIpc) is 2.76. The fourth-order valence-corrected chi connectivity index (χ4v) is 5.62. The Kier molecular flexibility index (Phi) is 6.09. The van der Waals surface area contributed by atoms with Crippen LogP contribution in [0.3, 0.4) is 0 Å². The lowest BCUT2D eigenvalue weighted by atomic mass is 9.82. The fourth-order valence-electron chi connectivity index (χ4n) is 4.52. The summed E-state index contributed by atoms with van der Waals surface area (Å²) in [6, 6.07) is 10.9. The highest BCUT2D eigenvalue weighted by atomic mass is 32.2. The highest BCUT2D eigenvalue weighted by Gasteiger charge is 2.30. The highest BCUT2D eigenvalue weighted by Crippen LogP contribution is 2.50. The molecule has 5 heteroatoms. The minimum absolute atomic E-state index is 0.186. The summed E-state index contributed by atoms with van der Waals surface area (Å²) >= 11 is 3.46. The zero-order valence-corrected chi connectivity index (χ0v) is 20.4. The van der Waals surface area contributed by atoms with E-state index in [9.17, 15) is 5.11 Å².